The van der Waals surface area contributed by atoms with Gasteiger partial charge >= 0.3 is 0 Å². The summed E-state index contributed by atoms with van der Waals surface area (Å²) in [5.74, 6) is -0.792. The predicted octanol–water partition coefficient (Wildman–Crippen LogP) is 4.79. The second kappa shape index (κ2) is 13.1. The quantitative estimate of drug-likeness (QED) is 0.391. The van der Waals surface area contributed by atoms with E-state index in [1.807, 2.05) is 45.0 Å². The summed E-state index contributed by atoms with van der Waals surface area (Å²) in [4.78, 5) is 28.1. The average molecular weight is 543 g/mol. The molecule has 0 radical (unpaired) electrons. The van der Waals surface area contributed by atoms with Gasteiger partial charge in [0.05, 0.1) is 22.0 Å². The first-order chi connectivity index (χ1) is 16.5. The lowest BCUT2D eigenvalue weighted by molar-refractivity contribution is -0.140. The molecule has 0 saturated heterocycles. The van der Waals surface area contributed by atoms with Crippen molar-refractivity contribution < 1.29 is 18.0 Å². The second-order valence-electron chi connectivity index (χ2n) is 8.42. The number of carbonyl (C=O) groups excluding carboxylic acids is 2. The molecule has 0 aliphatic heterocycles. The number of hydrogen-bond acceptors (Lipinski definition) is 4. The van der Waals surface area contributed by atoms with E-state index >= 15 is 0 Å². The fraction of sp³-hybridized carbons (Fsp3) is 0.440. The molecule has 0 saturated carbocycles. The van der Waals surface area contributed by atoms with E-state index in [4.69, 9.17) is 23.2 Å². The summed E-state index contributed by atoms with van der Waals surface area (Å²) < 4.78 is 26.3. The molecule has 0 heterocycles. The third kappa shape index (κ3) is 8.12. The van der Waals surface area contributed by atoms with E-state index in [1.165, 1.54) is 17.0 Å². The van der Waals surface area contributed by atoms with E-state index in [0.29, 0.717) is 13.0 Å². The number of rotatable bonds is 12. The van der Waals surface area contributed by atoms with Crippen molar-refractivity contribution in [1.82, 2.24) is 10.2 Å². The predicted molar refractivity (Wildman–Crippen MR) is 142 cm³/mol. The molecular formula is C25H33Cl2N3O4S. The highest BCUT2D eigenvalue weighted by Crippen LogP contribution is 2.33. The molecule has 7 nitrogen and oxygen atoms in total. The van der Waals surface area contributed by atoms with Crippen LogP contribution in [-0.2, 0) is 26.2 Å². The van der Waals surface area contributed by atoms with Crippen LogP contribution < -0.4 is 9.62 Å². The van der Waals surface area contributed by atoms with Crippen molar-refractivity contribution in [3.8, 4) is 0 Å². The Kier molecular flexibility index (Phi) is 10.9. The standard InChI is InChI=1S/C25H33Cl2N3O4S/c1-5-7-14-28-25(32)21(6-2)29(16-19-11-8-10-18(3)15-19)23(31)17-30(35(4,33)34)22-13-9-12-20(26)24(22)27/h8-13,15,21H,5-7,14,16-17H2,1-4H3,(H,28,32)/t21-/m0/s1. The lowest BCUT2D eigenvalue weighted by atomic mass is 10.1. The third-order valence-corrected chi connectivity index (χ3v) is 7.47. The van der Waals surface area contributed by atoms with Gasteiger partial charge in [-0.2, -0.15) is 0 Å². The SMILES string of the molecule is CCCCNC(=O)[C@H](CC)N(Cc1cccc(C)c1)C(=O)CN(c1cccc(Cl)c1Cl)S(C)(=O)=O. The van der Waals surface area contributed by atoms with Crippen LogP contribution in [-0.4, -0.2) is 50.5 Å². The van der Waals surface area contributed by atoms with E-state index in [9.17, 15) is 18.0 Å². The van der Waals surface area contributed by atoms with Gasteiger partial charge in [-0.3, -0.25) is 13.9 Å². The van der Waals surface area contributed by atoms with Crippen molar-refractivity contribution in [2.75, 3.05) is 23.7 Å². The van der Waals surface area contributed by atoms with Gasteiger partial charge in [-0.15, -0.1) is 0 Å². The molecule has 1 N–H and O–H groups in total. The minimum absolute atomic E-state index is 0.0296. The summed E-state index contributed by atoms with van der Waals surface area (Å²) in [5.41, 5.74) is 1.95. The summed E-state index contributed by atoms with van der Waals surface area (Å²) in [7, 11) is -3.89. The molecular weight excluding hydrogens is 509 g/mol. The van der Waals surface area contributed by atoms with Crippen LogP contribution in [0.4, 0.5) is 5.69 Å². The van der Waals surface area contributed by atoms with Crippen LogP contribution in [0, 0.1) is 6.92 Å². The van der Waals surface area contributed by atoms with Crippen molar-refractivity contribution in [2.24, 2.45) is 0 Å². The molecule has 1 atom stereocenters. The fourth-order valence-electron chi connectivity index (χ4n) is 3.71. The maximum absolute atomic E-state index is 13.7. The van der Waals surface area contributed by atoms with Crippen molar-refractivity contribution in [2.45, 2.75) is 52.6 Å². The molecule has 2 amide bonds. The van der Waals surface area contributed by atoms with Gasteiger partial charge in [0, 0.05) is 13.1 Å². The number of sulfonamides is 1. The number of unbranched alkanes of at least 4 members (excludes halogenated alkanes) is 1. The van der Waals surface area contributed by atoms with Gasteiger partial charge in [0.15, 0.2) is 0 Å². The van der Waals surface area contributed by atoms with Crippen LogP contribution in [0.3, 0.4) is 0 Å². The molecule has 0 aromatic heterocycles. The Labute approximate surface area is 218 Å². The van der Waals surface area contributed by atoms with Crippen LogP contribution in [0.25, 0.3) is 0 Å². The monoisotopic (exact) mass is 541 g/mol. The van der Waals surface area contributed by atoms with Crippen molar-refractivity contribution >= 4 is 50.7 Å². The molecule has 0 spiro atoms. The van der Waals surface area contributed by atoms with Crippen molar-refractivity contribution in [1.29, 1.82) is 0 Å². The van der Waals surface area contributed by atoms with Gasteiger partial charge in [-0.1, -0.05) is 79.4 Å². The van der Waals surface area contributed by atoms with E-state index < -0.39 is 28.5 Å². The summed E-state index contributed by atoms with van der Waals surface area (Å²) in [6, 6.07) is 11.4. The molecule has 192 valence electrons. The number of nitrogens with one attached hydrogen (secondary N) is 1. The summed E-state index contributed by atoms with van der Waals surface area (Å²) >= 11 is 12.4. The summed E-state index contributed by atoms with van der Waals surface area (Å²) in [6.07, 6.45) is 3.11. The first-order valence-electron chi connectivity index (χ1n) is 11.5. The van der Waals surface area contributed by atoms with Crippen molar-refractivity contribution in [3.05, 3.63) is 63.6 Å². The maximum Gasteiger partial charge on any atom is 0.244 e. The normalized spacial score (nSPS) is 12.2. The summed E-state index contributed by atoms with van der Waals surface area (Å²) in [6.45, 7) is 5.92. The molecule has 10 heteroatoms. The van der Waals surface area contributed by atoms with Crippen LogP contribution in [0.1, 0.15) is 44.2 Å². The molecule has 2 aromatic carbocycles. The Morgan fingerprint density at radius 1 is 1.09 bits per heavy atom. The minimum atomic E-state index is -3.89. The number of amides is 2. The average Bonchev–Trinajstić information content (AvgIpc) is 2.79. The largest absolute Gasteiger partial charge is 0.354 e. The van der Waals surface area contributed by atoms with Gasteiger partial charge in [0.1, 0.15) is 12.6 Å². The Morgan fingerprint density at radius 2 is 1.77 bits per heavy atom. The van der Waals surface area contributed by atoms with Crippen LogP contribution >= 0.6 is 23.2 Å². The van der Waals surface area contributed by atoms with Crippen molar-refractivity contribution in [3.63, 3.8) is 0 Å². The zero-order valence-electron chi connectivity index (χ0n) is 20.6. The number of carbonyl (C=O) groups is 2. The zero-order valence-corrected chi connectivity index (χ0v) is 22.9. The Morgan fingerprint density at radius 3 is 2.37 bits per heavy atom. The van der Waals surface area contributed by atoms with Crippen LogP contribution in [0.2, 0.25) is 10.0 Å². The molecule has 2 aromatic rings. The lowest BCUT2D eigenvalue weighted by Gasteiger charge is -2.33. The highest BCUT2D eigenvalue weighted by Gasteiger charge is 2.32. The fourth-order valence-corrected chi connectivity index (χ4v) is 5.01. The van der Waals surface area contributed by atoms with E-state index in [2.05, 4.69) is 5.32 Å². The third-order valence-electron chi connectivity index (χ3n) is 5.53. The molecule has 35 heavy (non-hydrogen) atoms. The smallest absolute Gasteiger partial charge is 0.244 e. The van der Waals surface area contributed by atoms with Gasteiger partial charge in [-0.05, 0) is 37.5 Å². The molecule has 0 bridgehead atoms. The summed E-state index contributed by atoms with van der Waals surface area (Å²) in [5, 5.41) is 3.10. The van der Waals surface area contributed by atoms with Crippen LogP contribution in [0.5, 0.6) is 0 Å². The maximum atomic E-state index is 13.7. The first-order valence-corrected chi connectivity index (χ1v) is 14.1. The number of anilines is 1. The minimum Gasteiger partial charge on any atom is -0.354 e. The molecule has 0 fully saturated rings. The Hall–Kier alpha value is -2.29. The number of benzene rings is 2. The lowest BCUT2D eigenvalue weighted by Crippen LogP contribution is -2.52. The molecule has 0 aliphatic rings. The Balaban J connectivity index is 2.45. The highest BCUT2D eigenvalue weighted by atomic mass is 35.5. The molecule has 0 aliphatic carbocycles. The highest BCUT2D eigenvalue weighted by molar-refractivity contribution is 7.92. The number of hydrogen-bond donors (Lipinski definition) is 1. The van der Waals surface area contributed by atoms with E-state index in [1.54, 1.807) is 6.07 Å². The van der Waals surface area contributed by atoms with E-state index in [0.717, 1.165) is 34.5 Å². The van der Waals surface area contributed by atoms with E-state index in [-0.39, 0.29) is 28.2 Å². The topological polar surface area (TPSA) is 86.8 Å². The number of halogens is 2. The van der Waals surface area contributed by atoms with Gasteiger partial charge < -0.3 is 10.2 Å². The number of nitrogens with zero attached hydrogens (tertiary/aromatic N) is 2. The van der Waals surface area contributed by atoms with Crippen LogP contribution in [0.15, 0.2) is 42.5 Å². The Bertz CT molecular complexity index is 1140. The zero-order chi connectivity index (χ0) is 26.2. The second-order valence-corrected chi connectivity index (χ2v) is 11.1. The molecule has 0 unspecified atom stereocenters. The molecule has 2 rings (SSSR count). The first kappa shape index (κ1) is 28.9. The van der Waals surface area contributed by atoms with Gasteiger partial charge in [-0.25, -0.2) is 8.42 Å². The number of aryl methyl sites for hydroxylation is 1. The van der Waals surface area contributed by atoms with Gasteiger partial charge in [0.2, 0.25) is 21.8 Å². The van der Waals surface area contributed by atoms with Gasteiger partial charge in [0.25, 0.3) is 0 Å².